The van der Waals surface area contributed by atoms with E-state index in [-0.39, 0.29) is 5.82 Å². The van der Waals surface area contributed by atoms with Crippen molar-refractivity contribution in [2.75, 3.05) is 0 Å². The molecule has 2 heterocycles. The summed E-state index contributed by atoms with van der Waals surface area (Å²) < 4.78 is 18.6. The zero-order valence-electron chi connectivity index (χ0n) is 13.1. The van der Waals surface area contributed by atoms with Gasteiger partial charge in [0.2, 0.25) is 11.8 Å². The van der Waals surface area contributed by atoms with Gasteiger partial charge in [0.25, 0.3) is 0 Å². The maximum Gasteiger partial charge on any atom is 0.248 e. The lowest BCUT2D eigenvalue weighted by molar-refractivity contribution is 0.557. The van der Waals surface area contributed by atoms with Crippen LogP contribution in [0.4, 0.5) is 4.39 Å². The Morgan fingerprint density at radius 3 is 2.40 bits per heavy atom. The van der Waals surface area contributed by atoms with E-state index in [0.717, 1.165) is 4.88 Å². The summed E-state index contributed by atoms with van der Waals surface area (Å²) in [5.41, 5.74) is 1.89. The van der Waals surface area contributed by atoms with Gasteiger partial charge in [0, 0.05) is 21.4 Å². The van der Waals surface area contributed by atoms with Crippen molar-refractivity contribution in [2.24, 2.45) is 0 Å². The highest BCUT2D eigenvalue weighted by molar-refractivity contribution is 7.16. The van der Waals surface area contributed by atoms with Gasteiger partial charge in [-0.3, -0.25) is 0 Å². The lowest BCUT2D eigenvalue weighted by Crippen LogP contribution is -1.78. The molecule has 0 unspecified atom stereocenters. The van der Waals surface area contributed by atoms with Crippen molar-refractivity contribution in [1.29, 1.82) is 0 Å². The second-order valence-corrected chi connectivity index (χ2v) is 6.47. The summed E-state index contributed by atoms with van der Waals surface area (Å²) in [5.74, 6) is 0.486. The molecule has 0 atom stereocenters. The van der Waals surface area contributed by atoms with Crippen molar-refractivity contribution < 1.29 is 8.81 Å². The number of halogens is 1. The van der Waals surface area contributed by atoms with Crippen LogP contribution >= 0.6 is 11.3 Å². The quantitative estimate of drug-likeness (QED) is 0.469. The van der Waals surface area contributed by atoms with Crippen LogP contribution in [0.2, 0.25) is 0 Å². The van der Waals surface area contributed by atoms with Crippen LogP contribution in [-0.2, 0) is 0 Å². The topological polar surface area (TPSA) is 38.9 Å². The SMILES string of the molecule is Fc1ccc(-c2nnc(/C=C/c3ccc(-c4ccccc4)s3)o2)cc1. The summed E-state index contributed by atoms with van der Waals surface area (Å²) in [6, 6.07) is 20.4. The van der Waals surface area contributed by atoms with Gasteiger partial charge >= 0.3 is 0 Å². The molecule has 122 valence electrons. The van der Waals surface area contributed by atoms with Gasteiger partial charge in [-0.2, -0.15) is 0 Å². The molecule has 25 heavy (non-hydrogen) atoms. The lowest BCUT2D eigenvalue weighted by atomic mass is 10.2. The average Bonchev–Trinajstić information content (AvgIpc) is 3.31. The van der Waals surface area contributed by atoms with Crippen LogP contribution in [0.25, 0.3) is 34.0 Å². The molecule has 0 aliphatic carbocycles. The Hall–Kier alpha value is -3.05. The normalized spacial score (nSPS) is 11.2. The first-order valence-corrected chi connectivity index (χ1v) is 8.52. The molecule has 4 rings (SSSR count). The van der Waals surface area contributed by atoms with Gasteiger partial charge in [-0.05, 0) is 48.0 Å². The minimum atomic E-state index is -0.296. The Balaban J connectivity index is 1.51. The molecule has 0 bridgehead atoms. The molecule has 0 saturated heterocycles. The van der Waals surface area contributed by atoms with Crippen LogP contribution in [0.3, 0.4) is 0 Å². The van der Waals surface area contributed by atoms with Crippen molar-refractivity contribution in [2.45, 2.75) is 0 Å². The summed E-state index contributed by atoms with van der Waals surface area (Å²) >= 11 is 1.69. The predicted molar refractivity (Wildman–Crippen MR) is 98.4 cm³/mol. The summed E-state index contributed by atoms with van der Waals surface area (Å²) in [7, 11) is 0. The fraction of sp³-hybridized carbons (Fsp3) is 0. The molecule has 0 aliphatic heterocycles. The van der Waals surface area contributed by atoms with E-state index in [1.807, 2.05) is 24.3 Å². The van der Waals surface area contributed by atoms with E-state index in [2.05, 4.69) is 34.5 Å². The number of nitrogens with zero attached hydrogens (tertiary/aromatic N) is 2. The van der Waals surface area contributed by atoms with Crippen LogP contribution in [0.15, 0.2) is 71.1 Å². The zero-order chi connectivity index (χ0) is 17.1. The number of thiophene rings is 1. The van der Waals surface area contributed by atoms with Crippen LogP contribution in [0.1, 0.15) is 10.8 Å². The Morgan fingerprint density at radius 2 is 1.60 bits per heavy atom. The molecule has 2 aromatic heterocycles. The van der Waals surface area contributed by atoms with E-state index in [9.17, 15) is 4.39 Å². The molecule has 0 aliphatic rings. The van der Waals surface area contributed by atoms with Gasteiger partial charge in [-0.25, -0.2) is 4.39 Å². The lowest BCUT2D eigenvalue weighted by Gasteiger charge is -1.94. The van der Waals surface area contributed by atoms with E-state index >= 15 is 0 Å². The molecule has 0 amide bonds. The van der Waals surface area contributed by atoms with Crippen molar-refractivity contribution in [1.82, 2.24) is 10.2 Å². The third kappa shape index (κ3) is 3.56. The highest BCUT2D eigenvalue weighted by Crippen LogP contribution is 2.29. The van der Waals surface area contributed by atoms with Crippen LogP contribution in [-0.4, -0.2) is 10.2 Å². The zero-order valence-corrected chi connectivity index (χ0v) is 13.9. The second-order valence-electron chi connectivity index (χ2n) is 5.35. The average molecular weight is 348 g/mol. The number of hydrogen-bond donors (Lipinski definition) is 0. The predicted octanol–water partition coefficient (Wildman–Crippen LogP) is 5.77. The molecular formula is C20H13FN2OS. The summed E-state index contributed by atoms with van der Waals surface area (Å²) in [5, 5.41) is 8.00. The number of hydrogen-bond acceptors (Lipinski definition) is 4. The van der Waals surface area contributed by atoms with Crippen molar-refractivity contribution in [3.63, 3.8) is 0 Å². The smallest absolute Gasteiger partial charge is 0.248 e. The highest BCUT2D eigenvalue weighted by atomic mass is 32.1. The van der Waals surface area contributed by atoms with Gasteiger partial charge in [0.15, 0.2) is 0 Å². The third-order valence-corrected chi connectivity index (χ3v) is 4.71. The van der Waals surface area contributed by atoms with Crippen LogP contribution in [0, 0.1) is 5.82 Å². The van der Waals surface area contributed by atoms with Crippen LogP contribution < -0.4 is 0 Å². The van der Waals surface area contributed by atoms with E-state index in [0.29, 0.717) is 17.3 Å². The number of rotatable bonds is 4. The molecule has 3 nitrogen and oxygen atoms in total. The molecular weight excluding hydrogens is 335 g/mol. The fourth-order valence-corrected chi connectivity index (χ4v) is 3.28. The minimum absolute atomic E-state index is 0.296. The summed E-state index contributed by atoms with van der Waals surface area (Å²) in [6.07, 6.45) is 3.72. The molecule has 0 saturated carbocycles. The van der Waals surface area contributed by atoms with Crippen molar-refractivity contribution in [3.8, 4) is 21.9 Å². The van der Waals surface area contributed by atoms with Crippen LogP contribution in [0.5, 0.6) is 0 Å². The molecule has 4 aromatic rings. The van der Waals surface area contributed by atoms with E-state index in [1.54, 1.807) is 29.5 Å². The first kappa shape index (κ1) is 15.5. The third-order valence-electron chi connectivity index (χ3n) is 3.61. The van der Waals surface area contributed by atoms with Gasteiger partial charge in [0.05, 0.1) is 0 Å². The molecule has 0 radical (unpaired) electrons. The van der Waals surface area contributed by atoms with Gasteiger partial charge in [0.1, 0.15) is 5.82 Å². The van der Waals surface area contributed by atoms with Crippen molar-refractivity contribution in [3.05, 3.63) is 83.3 Å². The molecule has 2 aromatic carbocycles. The van der Waals surface area contributed by atoms with E-state index < -0.39 is 0 Å². The Morgan fingerprint density at radius 1 is 0.800 bits per heavy atom. The number of aromatic nitrogens is 2. The monoisotopic (exact) mass is 348 g/mol. The Labute approximate surface area is 148 Å². The molecule has 0 fully saturated rings. The molecule has 5 heteroatoms. The Kier molecular flexibility index (Phi) is 4.23. The minimum Gasteiger partial charge on any atom is -0.417 e. The first-order valence-electron chi connectivity index (χ1n) is 7.71. The first-order chi connectivity index (χ1) is 12.3. The van der Waals surface area contributed by atoms with Gasteiger partial charge in [-0.15, -0.1) is 21.5 Å². The maximum absolute atomic E-state index is 13.0. The highest BCUT2D eigenvalue weighted by Gasteiger charge is 2.07. The van der Waals surface area contributed by atoms with Crippen molar-refractivity contribution >= 4 is 23.5 Å². The standard InChI is InChI=1S/C20H13FN2OS/c21-16-8-6-15(7-9-16)20-23-22-19(24-20)13-11-17-10-12-18(25-17)14-4-2-1-3-5-14/h1-13H/b13-11+. The summed E-state index contributed by atoms with van der Waals surface area (Å²) in [4.78, 5) is 2.30. The largest absolute Gasteiger partial charge is 0.417 e. The van der Waals surface area contributed by atoms with Gasteiger partial charge < -0.3 is 4.42 Å². The maximum atomic E-state index is 13.0. The molecule has 0 spiro atoms. The number of benzene rings is 2. The van der Waals surface area contributed by atoms with Gasteiger partial charge in [-0.1, -0.05) is 30.3 Å². The fourth-order valence-electron chi connectivity index (χ4n) is 2.36. The van der Waals surface area contributed by atoms with E-state index in [1.165, 1.54) is 22.6 Å². The second kappa shape index (κ2) is 6.83. The van der Waals surface area contributed by atoms with E-state index in [4.69, 9.17) is 4.42 Å². The molecule has 0 N–H and O–H groups in total. The Bertz CT molecular complexity index is 1000. The summed E-state index contributed by atoms with van der Waals surface area (Å²) in [6.45, 7) is 0.